The molecule has 0 spiro atoms. The van der Waals surface area contributed by atoms with Crippen LogP contribution in [0.2, 0.25) is 0 Å². The lowest BCUT2D eigenvalue weighted by Crippen LogP contribution is -2.43. The summed E-state index contributed by atoms with van der Waals surface area (Å²) in [7, 11) is 3.62. The lowest BCUT2D eigenvalue weighted by molar-refractivity contribution is -0.139. The van der Waals surface area contributed by atoms with E-state index in [4.69, 9.17) is 5.11 Å². The molecular formula is C14H21BrN2O2. The van der Waals surface area contributed by atoms with Gasteiger partial charge in [0.05, 0.1) is 0 Å². The Morgan fingerprint density at radius 3 is 2.79 bits per heavy atom. The Morgan fingerprint density at radius 1 is 1.53 bits per heavy atom. The van der Waals surface area contributed by atoms with Gasteiger partial charge in [-0.3, -0.25) is 4.79 Å². The number of benzene rings is 1. The number of aliphatic carboxylic acids is 1. The first-order valence-corrected chi connectivity index (χ1v) is 7.07. The highest BCUT2D eigenvalue weighted by molar-refractivity contribution is 9.10. The van der Waals surface area contributed by atoms with Gasteiger partial charge in [0.2, 0.25) is 0 Å². The van der Waals surface area contributed by atoms with Gasteiger partial charge in [-0.15, -0.1) is 0 Å². The zero-order valence-electron chi connectivity index (χ0n) is 11.6. The summed E-state index contributed by atoms with van der Waals surface area (Å²) >= 11 is 3.47. The summed E-state index contributed by atoms with van der Waals surface area (Å²) in [6, 6.07) is 5.72. The molecule has 106 valence electrons. The number of likely N-dealkylation sites (N-methyl/N-ethyl adjacent to an activating group) is 2. The highest BCUT2D eigenvalue weighted by Gasteiger charge is 2.16. The van der Waals surface area contributed by atoms with Crippen molar-refractivity contribution in [2.75, 3.05) is 27.2 Å². The van der Waals surface area contributed by atoms with E-state index in [2.05, 4.69) is 40.3 Å². The molecule has 0 fully saturated rings. The van der Waals surface area contributed by atoms with Crippen molar-refractivity contribution in [3.05, 3.63) is 33.8 Å². The second-order valence-electron chi connectivity index (χ2n) is 4.76. The molecule has 2 N–H and O–H groups in total. The minimum atomic E-state index is -0.812. The molecule has 0 aromatic heterocycles. The van der Waals surface area contributed by atoms with E-state index in [1.54, 1.807) is 7.05 Å². The average Bonchev–Trinajstić information content (AvgIpc) is 2.36. The summed E-state index contributed by atoms with van der Waals surface area (Å²) in [4.78, 5) is 13.0. The maximum Gasteiger partial charge on any atom is 0.322 e. The lowest BCUT2D eigenvalue weighted by Gasteiger charge is -2.21. The number of carboxylic acid groups (broad SMARTS) is 1. The predicted molar refractivity (Wildman–Crippen MR) is 80.6 cm³/mol. The van der Waals surface area contributed by atoms with E-state index in [1.807, 2.05) is 18.0 Å². The number of aryl methyl sites for hydroxylation is 1. The van der Waals surface area contributed by atoms with Crippen LogP contribution < -0.4 is 5.32 Å². The van der Waals surface area contributed by atoms with E-state index in [1.165, 1.54) is 11.1 Å². The van der Waals surface area contributed by atoms with Gasteiger partial charge in [-0.05, 0) is 50.7 Å². The molecular weight excluding hydrogens is 308 g/mol. The highest BCUT2D eigenvalue weighted by atomic mass is 79.9. The van der Waals surface area contributed by atoms with Crippen LogP contribution in [0.15, 0.2) is 22.7 Å². The Morgan fingerprint density at radius 2 is 2.21 bits per heavy atom. The van der Waals surface area contributed by atoms with Crippen molar-refractivity contribution in [1.82, 2.24) is 10.2 Å². The number of halogens is 1. The lowest BCUT2D eigenvalue weighted by atomic mass is 10.1. The third-order valence-corrected chi connectivity index (χ3v) is 3.71. The van der Waals surface area contributed by atoms with Crippen molar-refractivity contribution < 1.29 is 9.90 Å². The maximum atomic E-state index is 10.9. The normalized spacial score (nSPS) is 12.7. The molecule has 4 nitrogen and oxygen atoms in total. The van der Waals surface area contributed by atoms with Gasteiger partial charge in [-0.25, -0.2) is 0 Å². The second kappa shape index (κ2) is 7.62. The fourth-order valence-electron chi connectivity index (χ4n) is 1.92. The fourth-order valence-corrected chi connectivity index (χ4v) is 2.33. The minimum absolute atomic E-state index is 0.499. The summed E-state index contributed by atoms with van der Waals surface area (Å²) in [6.45, 7) is 3.43. The third-order valence-electron chi connectivity index (χ3n) is 3.21. The maximum absolute atomic E-state index is 10.9. The molecule has 0 saturated carbocycles. The Bertz CT molecular complexity index is 437. The molecule has 0 saturated heterocycles. The standard InChI is InChI=1S/C14H21BrN2O2/c1-10-4-5-12(15)8-11(10)6-7-17(3)9-13(16-2)14(18)19/h4-5,8,13,16H,6-7,9H2,1-3H3,(H,18,19). The number of hydrogen-bond acceptors (Lipinski definition) is 3. The summed E-state index contributed by atoms with van der Waals surface area (Å²) in [5, 5.41) is 11.8. The van der Waals surface area contributed by atoms with E-state index in [0.29, 0.717) is 6.54 Å². The van der Waals surface area contributed by atoms with Gasteiger partial charge in [0.25, 0.3) is 0 Å². The third kappa shape index (κ3) is 5.30. The largest absolute Gasteiger partial charge is 0.480 e. The first-order valence-electron chi connectivity index (χ1n) is 6.27. The molecule has 1 aromatic rings. The fraction of sp³-hybridized carbons (Fsp3) is 0.500. The van der Waals surface area contributed by atoms with Crippen molar-refractivity contribution in [2.24, 2.45) is 0 Å². The zero-order chi connectivity index (χ0) is 14.4. The van der Waals surface area contributed by atoms with Crippen molar-refractivity contribution in [3.63, 3.8) is 0 Å². The zero-order valence-corrected chi connectivity index (χ0v) is 13.2. The smallest absolute Gasteiger partial charge is 0.322 e. The van der Waals surface area contributed by atoms with Crippen LogP contribution in [-0.2, 0) is 11.2 Å². The van der Waals surface area contributed by atoms with Gasteiger partial charge in [0, 0.05) is 17.6 Å². The van der Waals surface area contributed by atoms with Crippen molar-refractivity contribution in [3.8, 4) is 0 Å². The first kappa shape index (κ1) is 16.1. The molecule has 1 rings (SSSR count). The Kier molecular flexibility index (Phi) is 6.48. The molecule has 0 aliphatic rings. The highest BCUT2D eigenvalue weighted by Crippen LogP contribution is 2.16. The van der Waals surface area contributed by atoms with E-state index < -0.39 is 12.0 Å². The molecule has 5 heteroatoms. The first-order chi connectivity index (χ1) is 8.93. The van der Waals surface area contributed by atoms with Crippen LogP contribution in [0.1, 0.15) is 11.1 Å². The van der Waals surface area contributed by atoms with E-state index in [0.717, 1.165) is 17.4 Å². The Hall–Kier alpha value is -0.910. The summed E-state index contributed by atoms with van der Waals surface area (Å²) < 4.78 is 1.08. The second-order valence-corrected chi connectivity index (χ2v) is 5.68. The van der Waals surface area contributed by atoms with Crippen molar-refractivity contribution >= 4 is 21.9 Å². The van der Waals surface area contributed by atoms with Crippen molar-refractivity contribution in [1.29, 1.82) is 0 Å². The predicted octanol–water partition coefficient (Wildman–Crippen LogP) is 1.90. The van der Waals surface area contributed by atoms with Gasteiger partial charge < -0.3 is 15.3 Å². The van der Waals surface area contributed by atoms with Gasteiger partial charge in [-0.1, -0.05) is 22.0 Å². The van der Waals surface area contributed by atoms with Crippen LogP contribution in [0, 0.1) is 6.92 Å². The number of nitrogens with zero attached hydrogens (tertiary/aromatic N) is 1. The van der Waals surface area contributed by atoms with Crippen LogP contribution in [0.25, 0.3) is 0 Å². The molecule has 1 aromatic carbocycles. The number of nitrogens with one attached hydrogen (secondary N) is 1. The number of hydrogen-bond donors (Lipinski definition) is 2. The average molecular weight is 329 g/mol. The quantitative estimate of drug-likeness (QED) is 0.802. The monoisotopic (exact) mass is 328 g/mol. The van der Waals surface area contributed by atoms with Crippen LogP contribution in [-0.4, -0.2) is 49.2 Å². The molecule has 0 heterocycles. The Balaban J connectivity index is 2.52. The summed E-state index contributed by atoms with van der Waals surface area (Å²) in [5.41, 5.74) is 2.55. The summed E-state index contributed by atoms with van der Waals surface area (Å²) in [6.07, 6.45) is 0.915. The van der Waals surface area contributed by atoms with E-state index in [9.17, 15) is 4.79 Å². The molecule has 1 atom stereocenters. The van der Waals surface area contributed by atoms with Crippen LogP contribution in [0.4, 0.5) is 0 Å². The SMILES string of the molecule is CNC(CN(C)CCc1cc(Br)ccc1C)C(=O)O. The van der Waals surface area contributed by atoms with Gasteiger partial charge in [0.15, 0.2) is 0 Å². The molecule has 0 aliphatic carbocycles. The van der Waals surface area contributed by atoms with Gasteiger partial charge in [0.1, 0.15) is 6.04 Å². The molecule has 0 bridgehead atoms. The Labute approximate surface area is 122 Å². The van der Waals surface area contributed by atoms with Gasteiger partial charge >= 0.3 is 5.97 Å². The summed E-state index contributed by atoms with van der Waals surface area (Å²) in [5.74, 6) is -0.812. The van der Waals surface area contributed by atoms with Crippen LogP contribution in [0.3, 0.4) is 0 Å². The van der Waals surface area contributed by atoms with Crippen LogP contribution in [0.5, 0.6) is 0 Å². The molecule has 0 radical (unpaired) electrons. The number of carbonyl (C=O) groups is 1. The van der Waals surface area contributed by atoms with Gasteiger partial charge in [-0.2, -0.15) is 0 Å². The van der Waals surface area contributed by atoms with E-state index in [-0.39, 0.29) is 0 Å². The van der Waals surface area contributed by atoms with Crippen molar-refractivity contribution in [2.45, 2.75) is 19.4 Å². The molecule has 0 amide bonds. The number of rotatable bonds is 7. The van der Waals surface area contributed by atoms with E-state index >= 15 is 0 Å². The van der Waals surface area contributed by atoms with Crippen LogP contribution >= 0.6 is 15.9 Å². The minimum Gasteiger partial charge on any atom is -0.480 e. The topological polar surface area (TPSA) is 52.6 Å². The molecule has 19 heavy (non-hydrogen) atoms. The molecule has 1 unspecified atom stereocenters. The number of carboxylic acids is 1. The molecule has 0 aliphatic heterocycles.